The summed E-state index contributed by atoms with van der Waals surface area (Å²) in [5.74, 6) is -2.16. The lowest BCUT2D eigenvalue weighted by atomic mass is 10.0. The number of hydrogen-bond donors (Lipinski definition) is 3. The third-order valence-electron chi connectivity index (χ3n) is 5.78. The molecule has 0 aliphatic carbocycles. The molecule has 3 amide bonds. The van der Waals surface area contributed by atoms with Crippen LogP contribution >= 0.6 is 0 Å². The van der Waals surface area contributed by atoms with Crippen molar-refractivity contribution in [1.29, 1.82) is 0 Å². The lowest BCUT2D eigenvalue weighted by Crippen LogP contribution is -2.47. The molecule has 0 fully saturated rings. The number of carbonyl (C=O) groups excluding carboxylic acids is 4. The standard InChI is InChI=1S/C29H27N5O5.C2H6/c1-19-16-25(28(37)32-24(26(35)27(30)36)17-20-8-4-2-5-9-20)34(33-19)22-14-12-21(13-15-22)18-31-29(38)39-23-10-6-3-7-11-23;1-2/h2-16,24H,17-18H2,1H3,(H2,30,36)(H,31,38)(H,32,37);1-2H3. The Morgan fingerprint density at radius 3 is 2.10 bits per heavy atom. The van der Waals surface area contributed by atoms with Gasteiger partial charge in [0.15, 0.2) is 0 Å². The molecule has 10 nitrogen and oxygen atoms in total. The van der Waals surface area contributed by atoms with Crippen LogP contribution < -0.4 is 21.1 Å². The van der Waals surface area contributed by atoms with Crippen LogP contribution in [-0.4, -0.2) is 39.5 Å². The summed E-state index contributed by atoms with van der Waals surface area (Å²) in [5.41, 5.74) is 8.14. The van der Waals surface area contributed by atoms with Crippen molar-refractivity contribution in [3.05, 3.63) is 114 Å². The number of benzene rings is 3. The Hall–Kier alpha value is -5.25. The van der Waals surface area contributed by atoms with Gasteiger partial charge in [0.1, 0.15) is 17.5 Å². The van der Waals surface area contributed by atoms with Crippen molar-refractivity contribution in [2.24, 2.45) is 5.73 Å². The number of ether oxygens (including phenoxy) is 1. The summed E-state index contributed by atoms with van der Waals surface area (Å²) in [6.07, 6.45) is -0.474. The fourth-order valence-corrected chi connectivity index (χ4v) is 3.88. The van der Waals surface area contributed by atoms with Crippen LogP contribution in [0.4, 0.5) is 4.79 Å². The van der Waals surface area contributed by atoms with Crippen molar-refractivity contribution in [1.82, 2.24) is 20.4 Å². The first-order valence-corrected chi connectivity index (χ1v) is 13.2. The van der Waals surface area contributed by atoms with Gasteiger partial charge in [-0.25, -0.2) is 9.48 Å². The predicted molar refractivity (Wildman–Crippen MR) is 155 cm³/mol. The highest BCUT2D eigenvalue weighted by Crippen LogP contribution is 2.15. The molecule has 0 spiro atoms. The van der Waals surface area contributed by atoms with Gasteiger partial charge < -0.3 is 21.1 Å². The number of aryl methyl sites for hydroxylation is 1. The number of nitrogens with one attached hydrogen (secondary N) is 2. The first-order chi connectivity index (χ1) is 19.8. The summed E-state index contributed by atoms with van der Waals surface area (Å²) >= 11 is 0. The van der Waals surface area contributed by atoms with E-state index in [0.717, 1.165) is 11.1 Å². The average Bonchev–Trinajstić information content (AvgIpc) is 3.39. The number of nitrogens with two attached hydrogens (primary N) is 1. The van der Waals surface area contributed by atoms with Crippen molar-refractivity contribution in [3.8, 4) is 11.4 Å². The molecule has 0 radical (unpaired) electrons. The summed E-state index contributed by atoms with van der Waals surface area (Å²) in [7, 11) is 0. The van der Waals surface area contributed by atoms with E-state index in [1.807, 2.05) is 26.0 Å². The molecule has 4 N–H and O–H groups in total. The summed E-state index contributed by atoms with van der Waals surface area (Å²) in [4.78, 5) is 49.4. The van der Waals surface area contributed by atoms with Gasteiger partial charge >= 0.3 is 6.09 Å². The van der Waals surface area contributed by atoms with Gasteiger partial charge in [-0.15, -0.1) is 0 Å². The lowest BCUT2D eigenvalue weighted by Gasteiger charge is -2.17. The Balaban J connectivity index is 0.00000226. The topological polar surface area (TPSA) is 145 Å². The van der Waals surface area contributed by atoms with Gasteiger partial charge in [-0.05, 0) is 48.4 Å². The highest BCUT2D eigenvalue weighted by atomic mass is 16.6. The maximum absolute atomic E-state index is 13.2. The van der Waals surface area contributed by atoms with E-state index in [-0.39, 0.29) is 18.7 Å². The SMILES string of the molecule is CC.Cc1cc(C(=O)NC(Cc2ccccc2)C(=O)C(N)=O)n(-c2ccc(CNC(=O)Oc3ccccc3)cc2)n1. The molecule has 41 heavy (non-hydrogen) atoms. The first-order valence-electron chi connectivity index (χ1n) is 13.2. The summed E-state index contributed by atoms with van der Waals surface area (Å²) < 4.78 is 6.66. The Bertz CT molecular complexity index is 1470. The van der Waals surface area contributed by atoms with E-state index in [2.05, 4.69) is 15.7 Å². The third kappa shape index (κ3) is 8.62. The van der Waals surface area contributed by atoms with Crippen LogP contribution in [0.25, 0.3) is 5.69 Å². The van der Waals surface area contributed by atoms with Crippen LogP contribution in [-0.2, 0) is 22.6 Å². The molecule has 4 rings (SSSR count). The highest BCUT2D eigenvalue weighted by molar-refractivity contribution is 6.38. The number of Topliss-reactive ketones (excluding diaryl/α,β-unsaturated/α-hetero) is 1. The molecule has 0 saturated carbocycles. The maximum atomic E-state index is 13.2. The number of rotatable bonds is 10. The van der Waals surface area contributed by atoms with E-state index in [1.54, 1.807) is 85.8 Å². The number of nitrogens with zero attached hydrogens (tertiary/aromatic N) is 2. The van der Waals surface area contributed by atoms with E-state index in [4.69, 9.17) is 10.5 Å². The van der Waals surface area contributed by atoms with E-state index in [1.165, 1.54) is 4.68 Å². The van der Waals surface area contributed by atoms with Gasteiger partial charge in [0.2, 0.25) is 5.78 Å². The fraction of sp³-hybridized carbons (Fsp3) is 0.194. The Morgan fingerprint density at radius 1 is 0.878 bits per heavy atom. The molecule has 0 bridgehead atoms. The minimum absolute atomic E-state index is 0.107. The molecular formula is C31H33N5O5. The molecule has 4 aromatic rings. The molecule has 0 saturated heterocycles. The van der Waals surface area contributed by atoms with Crippen molar-refractivity contribution in [3.63, 3.8) is 0 Å². The Kier molecular flexibility index (Phi) is 10.9. The normalized spacial score (nSPS) is 10.9. The average molecular weight is 556 g/mol. The number of amides is 3. The van der Waals surface area contributed by atoms with E-state index in [0.29, 0.717) is 17.1 Å². The van der Waals surface area contributed by atoms with Gasteiger partial charge in [0.25, 0.3) is 11.8 Å². The minimum Gasteiger partial charge on any atom is -0.410 e. The molecule has 1 aromatic heterocycles. The Labute approximate surface area is 238 Å². The summed E-state index contributed by atoms with van der Waals surface area (Å²) in [6, 6.07) is 25.2. The molecule has 1 heterocycles. The second kappa shape index (κ2) is 14.8. The second-order valence-corrected chi connectivity index (χ2v) is 8.75. The van der Waals surface area contributed by atoms with Crippen LogP contribution in [0.5, 0.6) is 5.75 Å². The zero-order valence-corrected chi connectivity index (χ0v) is 23.2. The molecule has 212 valence electrons. The Morgan fingerprint density at radius 2 is 1.49 bits per heavy atom. The van der Waals surface area contributed by atoms with Gasteiger partial charge in [-0.3, -0.25) is 14.4 Å². The molecule has 10 heteroatoms. The van der Waals surface area contributed by atoms with Gasteiger partial charge in [-0.2, -0.15) is 5.10 Å². The van der Waals surface area contributed by atoms with Gasteiger partial charge in [0, 0.05) is 13.0 Å². The second-order valence-electron chi connectivity index (χ2n) is 8.75. The molecule has 3 aromatic carbocycles. The smallest absolute Gasteiger partial charge is 0.410 e. The molecular weight excluding hydrogens is 522 g/mol. The van der Waals surface area contributed by atoms with Crippen LogP contribution in [0.3, 0.4) is 0 Å². The van der Waals surface area contributed by atoms with Crippen LogP contribution in [0, 0.1) is 6.92 Å². The van der Waals surface area contributed by atoms with Crippen molar-refractivity contribution in [2.45, 2.75) is 39.8 Å². The quantitative estimate of drug-likeness (QED) is 0.253. The highest BCUT2D eigenvalue weighted by Gasteiger charge is 2.27. The van der Waals surface area contributed by atoms with E-state index >= 15 is 0 Å². The zero-order chi connectivity index (χ0) is 29.8. The fourth-order valence-electron chi connectivity index (χ4n) is 3.88. The zero-order valence-electron chi connectivity index (χ0n) is 23.2. The van der Waals surface area contributed by atoms with Gasteiger partial charge in [-0.1, -0.05) is 74.5 Å². The van der Waals surface area contributed by atoms with Crippen molar-refractivity contribution in [2.75, 3.05) is 0 Å². The molecule has 1 unspecified atom stereocenters. The number of carbonyl (C=O) groups is 4. The van der Waals surface area contributed by atoms with E-state index < -0.39 is 29.7 Å². The number of aromatic nitrogens is 2. The molecule has 0 aliphatic heterocycles. The largest absolute Gasteiger partial charge is 0.412 e. The van der Waals surface area contributed by atoms with E-state index in [9.17, 15) is 19.2 Å². The monoisotopic (exact) mass is 555 g/mol. The van der Waals surface area contributed by atoms with Crippen molar-refractivity contribution >= 4 is 23.7 Å². The number of ketones is 1. The number of hydrogen-bond acceptors (Lipinski definition) is 6. The first kappa shape index (κ1) is 30.3. The third-order valence-corrected chi connectivity index (χ3v) is 5.78. The number of para-hydroxylation sites is 1. The molecule has 0 aliphatic rings. The molecule has 1 atom stereocenters. The summed E-state index contributed by atoms with van der Waals surface area (Å²) in [5, 5.41) is 9.74. The van der Waals surface area contributed by atoms with Crippen LogP contribution in [0.2, 0.25) is 0 Å². The van der Waals surface area contributed by atoms with Crippen LogP contribution in [0.1, 0.15) is 41.2 Å². The van der Waals surface area contributed by atoms with Crippen LogP contribution in [0.15, 0.2) is 91.0 Å². The predicted octanol–water partition coefficient (Wildman–Crippen LogP) is 3.89. The van der Waals surface area contributed by atoms with Crippen molar-refractivity contribution < 1.29 is 23.9 Å². The minimum atomic E-state index is -1.13. The number of primary amides is 1. The lowest BCUT2D eigenvalue weighted by molar-refractivity contribution is -0.137. The van der Waals surface area contributed by atoms with Gasteiger partial charge in [0.05, 0.1) is 11.4 Å². The summed E-state index contributed by atoms with van der Waals surface area (Å²) in [6.45, 7) is 5.97. The maximum Gasteiger partial charge on any atom is 0.412 e.